The average molecular weight is 333 g/mol. The molecule has 0 unspecified atom stereocenters. The Labute approximate surface area is 145 Å². The molecule has 0 spiro atoms. The predicted octanol–water partition coefficient (Wildman–Crippen LogP) is 5.45. The molecular weight excluding hydrogens is 314 g/mol. The predicted molar refractivity (Wildman–Crippen MR) is 99.5 cm³/mol. The van der Waals surface area contributed by atoms with Crippen molar-refractivity contribution in [1.29, 1.82) is 0 Å². The molecule has 4 aromatic rings. The van der Waals surface area contributed by atoms with E-state index in [1.165, 1.54) is 0 Å². The molecule has 4 nitrogen and oxygen atoms in total. The lowest BCUT2D eigenvalue weighted by Crippen LogP contribution is -2.02. The molecule has 4 heteroatoms. The zero-order chi connectivity index (χ0) is 17.8. The normalized spacial score (nSPS) is 10.4. The summed E-state index contributed by atoms with van der Waals surface area (Å²) in [6.07, 6.45) is 1.61. The topological polar surface area (TPSA) is 56.2 Å². The molecule has 0 aliphatic heterocycles. The van der Waals surface area contributed by atoms with Crippen molar-refractivity contribution in [3.63, 3.8) is 0 Å². The van der Waals surface area contributed by atoms with Crippen molar-refractivity contribution < 1.29 is 8.83 Å². The van der Waals surface area contributed by atoms with Gasteiger partial charge >= 0.3 is 5.63 Å². The van der Waals surface area contributed by atoms with Gasteiger partial charge in [-0.25, -0.2) is 9.78 Å². The van der Waals surface area contributed by atoms with E-state index in [0.717, 1.165) is 16.5 Å². The van der Waals surface area contributed by atoms with Crippen LogP contribution in [0.1, 0.15) is 19.4 Å². The van der Waals surface area contributed by atoms with Gasteiger partial charge in [0.05, 0.1) is 6.20 Å². The highest BCUT2D eigenvalue weighted by molar-refractivity contribution is 5.81. The molecule has 0 amide bonds. The Bertz CT molecular complexity index is 1050. The number of aromatic nitrogens is 1. The van der Waals surface area contributed by atoms with E-state index in [9.17, 15) is 4.79 Å². The fourth-order valence-corrected chi connectivity index (χ4v) is 2.50. The summed E-state index contributed by atoms with van der Waals surface area (Å²) < 4.78 is 11.1. The van der Waals surface area contributed by atoms with Crippen molar-refractivity contribution >= 4 is 11.0 Å². The molecule has 25 heavy (non-hydrogen) atoms. The Morgan fingerprint density at radius 3 is 2.44 bits per heavy atom. The molecule has 0 atom stereocenters. The fraction of sp³-hybridized carbons (Fsp3) is 0.143. The Morgan fingerprint density at radius 2 is 1.68 bits per heavy atom. The smallest absolute Gasteiger partial charge is 0.349 e. The van der Waals surface area contributed by atoms with E-state index in [1.54, 1.807) is 12.3 Å². The second-order valence-electron chi connectivity index (χ2n) is 5.38. The van der Waals surface area contributed by atoms with E-state index in [2.05, 4.69) is 4.98 Å². The first-order valence-corrected chi connectivity index (χ1v) is 8.27. The van der Waals surface area contributed by atoms with Crippen LogP contribution in [0.25, 0.3) is 33.7 Å². The second-order valence-corrected chi connectivity index (χ2v) is 5.38. The summed E-state index contributed by atoms with van der Waals surface area (Å²) in [7, 11) is 0. The molecule has 0 fully saturated rings. The molecule has 2 aromatic heterocycles. The Morgan fingerprint density at radius 1 is 0.920 bits per heavy atom. The standard InChI is InChI=1S/C19H13NO3.C2H6/c1-12-7-8-14-10-15(19(21)23-16(14)9-12)18-20-11-17(22-18)13-5-3-2-4-6-13;1-2/h2-11H,1H3;1-2H3. The van der Waals surface area contributed by atoms with Crippen LogP contribution in [0.4, 0.5) is 0 Å². The van der Waals surface area contributed by atoms with E-state index >= 15 is 0 Å². The summed E-state index contributed by atoms with van der Waals surface area (Å²) in [5, 5.41) is 0.838. The molecule has 0 radical (unpaired) electrons. The number of rotatable bonds is 2. The maximum absolute atomic E-state index is 12.2. The first kappa shape index (κ1) is 16.7. The Balaban J connectivity index is 0.000000880. The van der Waals surface area contributed by atoms with Gasteiger partial charge in [-0.2, -0.15) is 0 Å². The van der Waals surface area contributed by atoms with E-state index in [4.69, 9.17) is 8.83 Å². The SMILES string of the molecule is CC.Cc1ccc2cc(-c3ncc(-c4ccccc4)o3)c(=O)oc2c1. The highest BCUT2D eigenvalue weighted by Crippen LogP contribution is 2.26. The molecule has 0 bridgehead atoms. The summed E-state index contributed by atoms with van der Waals surface area (Å²) in [4.78, 5) is 16.4. The van der Waals surface area contributed by atoms with Crippen LogP contribution in [0.15, 0.2) is 74.4 Å². The van der Waals surface area contributed by atoms with Crippen LogP contribution in [0, 0.1) is 6.92 Å². The van der Waals surface area contributed by atoms with Gasteiger partial charge in [-0.3, -0.25) is 0 Å². The molecule has 4 rings (SSSR count). The van der Waals surface area contributed by atoms with Gasteiger partial charge < -0.3 is 8.83 Å². The van der Waals surface area contributed by atoms with Crippen LogP contribution in [0.5, 0.6) is 0 Å². The van der Waals surface area contributed by atoms with Crippen LogP contribution in [0.2, 0.25) is 0 Å². The van der Waals surface area contributed by atoms with Gasteiger partial charge in [0.2, 0.25) is 5.89 Å². The van der Waals surface area contributed by atoms with Crippen molar-refractivity contribution in [2.45, 2.75) is 20.8 Å². The van der Waals surface area contributed by atoms with Gasteiger partial charge in [0, 0.05) is 10.9 Å². The summed E-state index contributed by atoms with van der Waals surface area (Å²) in [6.45, 7) is 5.95. The number of benzene rings is 2. The molecule has 0 aliphatic carbocycles. The Hall–Kier alpha value is -3.14. The maximum atomic E-state index is 12.2. The monoisotopic (exact) mass is 333 g/mol. The van der Waals surface area contributed by atoms with Crippen LogP contribution >= 0.6 is 0 Å². The minimum Gasteiger partial charge on any atom is -0.436 e. The zero-order valence-corrected chi connectivity index (χ0v) is 14.4. The molecule has 126 valence electrons. The van der Waals surface area contributed by atoms with E-state index in [1.807, 2.05) is 69.3 Å². The van der Waals surface area contributed by atoms with Crippen molar-refractivity contribution in [2.75, 3.05) is 0 Å². The van der Waals surface area contributed by atoms with Crippen molar-refractivity contribution in [3.05, 3.63) is 76.8 Å². The van der Waals surface area contributed by atoms with E-state index < -0.39 is 5.63 Å². The number of fused-ring (bicyclic) bond motifs is 1. The van der Waals surface area contributed by atoms with Crippen molar-refractivity contribution in [1.82, 2.24) is 4.98 Å². The lowest BCUT2D eigenvalue weighted by Gasteiger charge is -2.00. The third-order valence-electron chi connectivity index (χ3n) is 3.69. The highest BCUT2D eigenvalue weighted by atomic mass is 16.4. The molecule has 0 N–H and O–H groups in total. The summed E-state index contributed by atoms with van der Waals surface area (Å²) in [5.41, 5.74) is 2.38. The summed E-state index contributed by atoms with van der Waals surface area (Å²) in [5.74, 6) is 0.879. The minimum atomic E-state index is -0.454. The van der Waals surface area contributed by atoms with Gasteiger partial charge in [0.15, 0.2) is 5.76 Å². The summed E-state index contributed by atoms with van der Waals surface area (Å²) in [6, 6.07) is 17.1. The van der Waals surface area contributed by atoms with Gasteiger partial charge in [-0.1, -0.05) is 56.3 Å². The van der Waals surface area contributed by atoms with E-state index in [-0.39, 0.29) is 5.89 Å². The first-order chi connectivity index (χ1) is 12.2. The quantitative estimate of drug-likeness (QED) is 0.458. The lowest BCUT2D eigenvalue weighted by atomic mass is 10.1. The molecule has 2 aromatic carbocycles. The number of aryl methyl sites for hydroxylation is 1. The van der Waals surface area contributed by atoms with Crippen LogP contribution in [0.3, 0.4) is 0 Å². The first-order valence-electron chi connectivity index (χ1n) is 8.27. The largest absolute Gasteiger partial charge is 0.436 e. The maximum Gasteiger partial charge on any atom is 0.349 e. The van der Waals surface area contributed by atoms with Crippen LogP contribution < -0.4 is 5.63 Å². The van der Waals surface area contributed by atoms with Crippen molar-refractivity contribution in [2.24, 2.45) is 0 Å². The fourth-order valence-electron chi connectivity index (χ4n) is 2.50. The minimum absolute atomic E-state index is 0.264. The molecule has 0 saturated carbocycles. The van der Waals surface area contributed by atoms with Crippen molar-refractivity contribution in [3.8, 4) is 22.8 Å². The van der Waals surface area contributed by atoms with Gasteiger partial charge in [-0.05, 0) is 24.6 Å². The summed E-state index contributed by atoms with van der Waals surface area (Å²) >= 11 is 0. The van der Waals surface area contributed by atoms with Crippen LogP contribution in [-0.2, 0) is 0 Å². The lowest BCUT2D eigenvalue weighted by molar-refractivity contribution is 0.548. The second kappa shape index (κ2) is 7.18. The number of hydrogen-bond acceptors (Lipinski definition) is 4. The molecule has 0 saturated heterocycles. The van der Waals surface area contributed by atoms with Gasteiger partial charge in [-0.15, -0.1) is 0 Å². The average Bonchev–Trinajstić information content (AvgIpc) is 3.13. The molecular formula is C21H19NO3. The number of nitrogens with zero attached hydrogens (tertiary/aromatic N) is 1. The Kier molecular flexibility index (Phi) is 4.80. The third kappa shape index (κ3) is 3.38. The highest BCUT2D eigenvalue weighted by Gasteiger charge is 2.14. The number of oxazole rings is 1. The van der Waals surface area contributed by atoms with Gasteiger partial charge in [0.1, 0.15) is 11.1 Å². The van der Waals surface area contributed by atoms with Crippen LogP contribution in [-0.4, -0.2) is 4.98 Å². The molecule has 2 heterocycles. The molecule has 0 aliphatic rings. The zero-order valence-electron chi connectivity index (χ0n) is 14.4. The number of hydrogen-bond donors (Lipinski definition) is 0. The van der Waals surface area contributed by atoms with E-state index in [0.29, 0.717) is 16.9 Å². The third-order valence-corrected chi connectivity index (χ3v) is 3.69. The van der Waals surface area contributed by atoms with Gasteiger partial charge in [0.25, 0.3) is 0 Å².